The van der Waals surface area contributed by atoms with E-state index >= 15 is 0 Å². The van der Waals surface area contributed by atoms with Crippen LogP contribution in [-0.4, -0.2) is 15.3 Å². The molecule has 1 saturated heterocycles. The molecule has 2 aromatic rings. The summed E-state index contributed by atoms with van der Waals surface area (Å²) in [4.78, 5) is 3.97. The van der Waals surface area contributed by atoms with Gasteiger partial charge in [-0.05, 0) is 17.7 Å². The Kier molecular flexibility index (Phi) is 3.81. The summed E-state index contributed by atoms with van der Waals surface area (Å²) in [5.41, 5.74) is 1.68. The van der Waals surface area contributed by atoms with E-state index < -0.39 is 0 Å². The van der Waals surface area contributed by atoms with E-state index in [1.54, 1.807) is 58.9 Å². The van der Waals surface area contributed by atoms with Crippen molar-refractivity contribution in [1.82, 2.24) is 9.55 Å². The molecule has 3 rings (SSSR count). The average molecular weight is 303 g/mol. The quantitative estimate of drug-likeness (QED) is 0.789. The fourth-order valence-corrected chi connectivity index (χ4v) is 4.81. The predicted octanol–water partition coefficient (Wildman–Crippen LogP) is 3.89. The molecule has 1 aliphatic rings. The molecular weight excluding hydrogens is 293 g/mol. The average Bonchev–Trinajstić information content (AvgIpc) is 3.12. The summed E-state index contributed by atoms with van der Waals surface area (Å²) in [6.45, 7) is 0. The van der Waals surface area contributed by atoms with Crippen molar-refractivity contribution in [3.63, 3.8) is 0 Å². The Labute approximate surface area is 124 Å². The Morgan fingerprint density at radius 1 is 1.40 bits per heavy atom. The molecule has 0 unspecified atom stereocenters. The van der Waals surface area contributed by atoms with Gasteiger partial charge in [0.05, 0.1) is 10.6 Å². The summed E-state index contributed by atoms with van der Waals surface area (Å²) in [5, 5.41) is 9.57. The number of nitrogens with zero attached hydrogens (tertiary/aromatic N) is 3. The minimum Gasteiger partial charge on any atom is -0.296 e. The van der Waals surface area contributed by atoms with E-state index in [2.05, 4.69) is 11.1 Å². The maximum atomic E-state index is 12.9. The lowest BCUT2D eigenvalue weighted by atomic mass is 10.2. The number of halogens is 1. The number of nitriles is 1. The van der Waals surface area contributed by atoms with E-state index in [4.69, 9.17) is 0 Å². The first kappa shape index (κ1) is 13.3. The summed E-state index contributed by atoms with van der Waals surface area (Å²) >= 11 is 3.31. The monoisotopic (exact) mass is 303 g/mol. The maximum Gasteiger partial charge on any atom is 0.145 e. The van der Waals surface area contributed by atoms with E-state index in [9.17, 15) is 9.65 Å². The van der Waals surface area contributed by atoms with Crippen molar-refractivity contribution in [2.24, 2.45) is 0 Å². The fourth-order valence-electron chi connectivity index (χ4n) is 1.91. The van der Waals surface area contributed by atoms with Gasteiger partial charge >= 0.3 is 0 Å². The van der Waals surface area contributed by atoms with Crippen LogP contribution in [0.15, 0.2) is 47.2 Å². The van der Waals surface area contributed by atoms with Crippen LogP contribution in [0.5, 0.6) is 0 Å². The van der Waals surface area contributed by atoms with Crippen LogP contribution in [0.2, 0.25) is 0 Å². The molecule has 1 atom stereocenters. The Hall–Kier alpha value is -1.71. The van der Waals surface area contributed by atoms with Crippen LogP contribution in [-0.2, 0) is 0 Å². The third-order valence-corrected chi connectivity index (χ3v) is 5.86. The van der Waals surface area contributed by atoms with Gasteiger partial charge in [-0.15, -0.1) is 23.5 Å². The summed E-state index contributed by atoms with van der Waals surface area (Å²) in [7, 11) is 0. The summed E-state index contributed by atoms with van der Waals surface area (Å²) in [6, 6.07) is 8.79. The van der Waals surface area contributed by atoms with Crippen molar-refractivity contribution in [1.29, 1.82) is 5.26 Å². The van der Waals surface area contributed by atoms with Gasteiger partial charge in [0, 0.05) is 23.4 Å². The van der Waals surface area contributed by atoms with Crippen LogP contribution in [0.4, 0.5) is 4.39 Å². The van der Waals surface area contributed by atoms with Gasteiger partial charge < -0.3 is 0 Å². The van der Waals surface area contributed by atoms with Gasteiger partial charge in [-0.25, -0.2) is 9.37 Å². The van der Waals surface area contributed by atoms with Crippen molar-refractivity contribution >= 4 is 29.2 Å². The topological polar surface area (TPSA) is 41.6 Å². The number of imidazole rings is 1. The van der Waals surface area contributed by atoms with Gasteiger partial charge in [-0.1, -0.05) is 12.1 Å². The zero-order valence-corrected chi connectivity index (χ0v) is 12.0. The third-order valence-electron chi connectivity index (χ3n) is 2.92. The van der Waals surface area contributed by atoms with Gasteiger partial charge in [0.25, 0.3) is 0 Å². The molecule has 0 spiro atoms. The first-order valence-electron chi connectivity index (χ1n) is 5.95. The van der Waals surface area contributed by atoms with Crippen molar-refractivity contribution in [2.45, 2.75) is 5.25 Å². The number of rotatable bonds is 2. The number of allylic oxidation sites excluding steroid dienone is 1. The zero-order chi connectivity index (χ0) is 13.9. The molecule has 1 fully saturated rings. The number of thioether (sulfide) groups is 2. The van der Waals surface area contributed by atoms with Crippen molar-refractivity contribution in [3.8, 4) is 6.07 Å². The van der Waals surface area contributed by atoms with Crippen LogP contribution >= 0.6 is 23.5 Å². The van der Waals surface area contributed by atoms with Crippen molar-refractivity contribution in [3.05, 3.63) is 58.6 Å². The van der Waals surface area contributed by atoms with Gasteiger partial charge in [-0.3, -0.25) is 4.57 Å². The van der Waals surface area contributed by atoms with E-state index in [1.165, 1.54) is 12.1 Å². The highest BCUT2D eigenvalue weighted by Gasteiger charge is 2.26. The van der Waals surface area contributed by atoms with E-state index in [0.29, 0.717) is 5.70 Å². The second-order valence-corrected chi connectivity index (χ2v) is 6.69. The van der Waals surface area contributed by atoms with Crippen LogP contribution in [0.1, 0.15) is 10.8 Å². The van der Waals surface area contributed by atoms with Gasteiger partial charge in [0.15, 0.2) is 0 Å². The van der Waals surface area contributed by atoms with Crippen LogP contribution in [0.25, 0.3) is 5.70 Å². The number of hydrogen-bond donors (Lipinski definition) is 0. The van der Waals surface area contributed by atoms with Crippen LogP contribution < -0.4 is 0 Å². The molecule has 1 aliphatic heterocycles. The first-order valence-corrected chi connectivity index (χ1v) is 7.82. The molecule has 0 aliphatic carbocycles. The van der Waals surface area contributed by atoms with Crippen molar-refractivity contribution < 1.29 is 4.39 Å². The van der Waals surface area contributed by atoms with Crippen LogP contribution in [0, 0.1) is 17.1 Å². The van der Waals surface area contributed by atoms with E-state index in [1.807, 2.05) is 0 Å². The molecule has 20 heavy (non-hydrogen) atoms. The maximum absolute atomic E-state index is 12.9. The second kappa shape index (κ2) is 5.73. The highest BCUT2D eigenvalue weighted by molar-refractivity contribution is 8.25. The number of aromatic nitrogens is 2. The lowest BCUT2D eigenvalue weighted by Crippen LogP contribution is -1.93. The third kappa shape index (κ3) is 2.60. The molecule has 100 valence electrons. The van der Waals surface area contributed by atoms with Crippen molar-refractivity contribution in [2.75, 3.05) is 5.75 Å². The second-order valence-electron chi connectivity index (χ2n) is 4.19. The van der Waals surface area contributed by atoms with Gasteiger partial charge in [0.2, 0.25) is 0 Å². The molecule has 2 heterocycles. The largest absolute Gasteiger partial charge is 0.296 e. The summed E-state index contributed by atoms with van der Waals surface area (Å²) in [5.74, 6) is 0.655. The lowest BCUT2D eigenvalue weighted by Gasteiger charge is -2.07. The van der Waals surface area contributed by atoms with Crippen LogP contribution in [0.3, 0.4) is 0 Å². The molecular formula is C14H10FN3S2. The molecule has 0 amide bonds. The fraction of sp³-hybridized carbons (Fsp3) is 0.143. The Morgan fingerprint density at radius 3 is 2.85 bits per heavy atom. The Morgan fingerprint density at radius 2 is 2.20 bits per heavy atom. The smallest absolute Gasteiger partial charge is 0.145 e. The summed E-state index contributed by atoms with van der Waals surface area (Å²) < 4.78 is 15.7. The molecule has 1 aromatic carbocycles. The van der Waals surface area contributed by atoms with E-state index in [-0.39, 0.29) is 11.1 Å². The Balaban J connectivity index is 1.86. The zero-order valence-electron chi connectivity index (χ0n) is 10.4. The molecule has 0 saturated carbocycles. The predicted molar refractivity (Wildman–Crippen MR) is 80.2 cm³/mol. The molecule has 1 aromatic heterocycles. The Bertz CT molecular complexity index is 671. The summed E-state index contributed by atoms with van der Waals surface area (Å²) in [6.07, 6.45) is 5.04. The molecule has 6 heteroatoms. The van der Waals surface area contributed by atoms with Gasteiger partial charge in [-0.2, -0.15) is 5.26 Å². The molecule has 3 nitrogen and oxygen atoms in total. The molecule has 0 N–H and O–H groups in total. The number of hydrogen-bond acceptors (Lipinski definition) is 4. The standard InChI is InChI=1S/C14H10FN3S2/c15-11-3-1-10(2-4-11)13-8-19-14(20-13)12(7-16)18-6-5-17-9-18/h1-6,9,13H,8H2/b14-12+/t13-/m0/s1. The normalized spacial score (nSPS) is 20.7. The minimum atomic E-state index is -0.226. The van der Waals surface area contributed by atoms with E-state index in [0.717, 1.165) is 15.6 Å². The SMILES string of the molecule is N#C/C(=C1/SC[C@@H](c2ccc(F)cc2)S1)n1ccnc1. The van der Waals surface area contributed by atoms with Gasteiger partial charge in [0.1, 0.15) is 17.6 Å². The highest BCUT2D eigenvalue weighted by Crippen LogP contribution is 2.51. The minimum absolute atomic E-state index is 0.226. The molecule has 0 radical (unpaired) electrons. The lowest BCUT2D eigenvalue weighted by molar-refractivity contribution is 0.627. The molecule has 0 bridgehead atoms. The first-order chi connectivity index (χ1) is 9.78. The highest BCUT2D eigenvalue weighted by atomic mass is 32.2. The number of benzene rings is 1.